The maximum atomic E-state index is 12.5. The van der Waals surface area contributed by atoms with E-state index in [0.29, 0.717) is 21.7 Å². The van der Waals surface area contributed by atoms with Crippen LogP contribution in [0.5, 0.6) is 5.75 Å². The van der Waals surface area contributed by atoms with Crippen molar-refractivity contribution in [3.63, 3.8) is 0 Å². The monoisotopic (exact) mass is 361 g/mol. The zero-order valence-corrected chi connectivity index (χ0v) is 14.6. The Morgan fingerprint density at radius 1 is 1.16 bits per heavy atom. The molecule has 2 aliphatic carbocycles. The van der Waals surface area contributed by atoms with Gasteiger partial charge in [-0.15, -0.1) is 0 Å². The fourth-order valence-corrected chi connectivity index (χ4v) is 3.82. The molecule has 1 heterocycles. The smallest absolute Gasteiger partial charge is 0.341 e. The summed E-state index contributed by atoms with van der Waals surface area (Å²) in [6, 6.07) is 3.60. The van der Waals surface area contributed by atoms with E-state index >= 15 is 0 Å². The lowest BCUT2D eigenvalue weighted by atomic mass is 9.98. The van der Waals surface area contributed by atoms with Crippen LogP contribution in [0.3, 0.4) is 0 Å². The van der Waals surface area contributed by atoms with Crippen LogP contribution in [0.15, 0.2) is 23.1 Å². The summed E-state index contributed by atoms with van der Waals surface area (Å²) in [4.78, 5) is 23.9. The molecule has 0 aliphatic heterocycles. The van der Waals surface area contributed by atoms with E-state index in [4.69, 9.17) is 16.3 Å². The van der Waals surface area contributed by atoms with Gasteiger partial charge in [0.2, 0.25) is 5.43 Å². The molecule has 1 aromatic carbocycles. The predicted molar refractivity (Wildman–Crippen MR) is 95.9 cm³/mol. The van der Waals surface area contributed by atoms with Crippen LogP contribution in [-0.2, 0) is 0 Å². The number of hydrogen-bond acceptors (Lipinski definition) is 3. The number of fused-ring (bicyclic) bond motifs is 1. The van der Waals surface area contributed by atoms with Gasteiger partial charge in [-0.05, 0) is 44.6 Å². The predicted octanol–water partition coefficient (Wildman–Crippen LogP) is 4.40. The van der Waals surface area contributed by atoms with Crippen LogP contribution in [-0.4, -0.2) is 21.7 Å². The number of ether oxygens (including phenoxy) is 1. The van der Waals surface area contributed by atoms with Crippen LogP contribution in [0, 0.1) is 0 Å². The molecular weight excluding hydrogens is 342 g/mol. The van der Waals surface area contributed by atoms with Crippen LogP contribution < -0.4 is 10.2 Å². The molecule has 2 aliphatic rings. The molecule has 0 amide bonds. The van der Waals surface area contributed by atoms with Gasteiger partial charge in [-0.3, -0.25) is 4.79 Å². The first-order valence-electron chi connectivity index (χ1n) is 8.83. The number of carboxylic acids is 1. The summed E-state index contributed by atoms with van der Waals surface area (Å²) in [5.74, 6) is -0.627. The molecule has 25 heavy (non-hydrogen) atoms. The minimum atomic E-state index is -1.21. The maximum absolute atomic E-state index is 12.5. The van der Waals surface area contributed by atoms with Crippen LogP contribution in [0.2, 0.25) is 5.02 Å². The fraction of sp³-hybridized carbons (Fsp3) is 0.474. The van der Waals surface area contributed by atoms with Crippen LogP contribution >= 0.6 is 11.6 Å². The maximum Gasteiger partial charge on any atom is 0.341 e. The molecule has 5 nitrogen and oxygen atoms in total. The molecular formula is C19H20ClNO4. The lowest BCUT2D eigenvalue weighted by molar-refractivity contribution is 0.0695. The summed E-state index contributed by atoms with van der Waals surface area (Å²) in [6.45, 7) is 0. The number of aromatic carboxylic acids is 1. The van der Waals surface area contributed by atoms with Gasteiger partial charge in [0.25, 0.3) is 0 Å². The van der Waals surface area contributed by atoms with Crippen molar-refractivity contribution in [1.82, 2.24) is 4.57 Å². The second kappa shape index (κ2) is 6.37. The van der Waals surface area contributed by atoms with Gasteiger partial charge in [0.1, 0.15) is 11.3 Å². The Balaban J connectivity index is 1.83. The SMILES string of the molecule is O=C(O)c1cn(C2CC2)c2cc(OC3CCCCC3)c(Cl)cc2c1=O. The van der Waals surface area contributed by atoms with E-state index in [-0.39, 0.29) is 17.7 Å². The van der Waals surface area contributed by atoms with Crippen LogP contribution in [0.4, 0.5) is 0 Å². The third-order valence-electron chi connectivity index (χ3n) is 5.10. The quantitative estimate of drug-likeness (QED) is 0.876. The summed E-state index contributed by atoms with van der Waals surface area (Å²) in [6.07, 6.45) is 9.17. The number of carboxylic acid groups (broad SMARTS) is 1. The van der Waals surface area contributed by atoms with Crippen molar-refractivity contribution in [1.29, 1.82) is 0 Å². The van der Waals surface area contributed by atoms with Crippen molar-refractivity contribution >= 4 is 28.5 Å². The minimum absolute atomic E-state index is 0.156. The van der Waals surface area contributed by atoms with E-state index in [1.165, 1.54) is 12.6 Å². The van der Waals surface area contributed by atoms with Gasteiger partial charge in [0.15, 0.2) is 0 Å². The number of pyridine rings is 1. The van der Waals surface area contributed by atoms with Gasteiger partial charge in [-0.25, -0.2) is 4.79 Å². The molecule has 0 bridgehead atoms. The lowest BCUT2D eigenvalue weighted by Crippen LogP contribution is -2.21. The molecule has 0 radical (unpaired) electrons. The first kappa shape index (κ1) is 16.5. The summed E-state index contributed by atoms with van der Waals surface area (Å²) < 4.78 is 8.00. The van der Waals surface area contributed by atoms with Gasteiger partial charge in [-0.2, -0.15) is 0 Å². The van der Waals surface area contributed by atoms with Gasteiger partial charge in [0, 0.05) is 23.7 Å². The van der Waals surface area contributed by atoms with Crippen LogP contribution in [0.25, 0.3) is 10.9 Å². The van der Waals surface area contributed by atoms with Gasteiger partial charge >= 0.3 is 5.97 Å². The molecule has 1 aromatic heterocycles. The van der Waals surface area contributed by atoms with Crippen molar-refractivity contribution in [2.24, 2.45) is 0 Å². The van der Waals surface area contributed by atoms with E-state index < -0.39 is 11.4 Å². The molecule has 4 rings (SSSR count). The summed E-state index contributed by atoms with van der Waals surface area (Å²) >= 11 is 6.35. The molecule has 1 N–H and O–H groups in total. The zero-order chi connectivity index (χ0) is 17.6. The molecule has 2 fully saturated rings. The highest BCUT2D eigenvalue weighted by Gasteiger charge is 2.27. The highest BCUT2D eigenvalue weighted by Crippen LogP contribution is 2.39. The first-order chi connectivity index (χ1) is 12.0. The minimum Gasteiger partial charge on any atom is -0.489 e. The topological polar surface area (TPSA) is 68.5 Å². The summed E-state index contributed by atoms with van der Waals surface area (Å²) in [7, 11) is 0. The molecule has 2 saturated carbocycles. The highest BCUT2D eigenvalue weighted by molar-refractivity contribution is 6.32. The van der Waals surface area contributed by atoms with Gasteiger partial charge in [-0.1, -0.05) is 18.0 Å². The van der Waals surface area contributed by atoms with Crippen molar-refractivity contribution in [3.05, 3.63) is 39.1 Å². The largest absolute Gasteiger partial charge is 0.489 e. The Hall–Kier alpha value is -2.01. The number of carbonyl (C=O) groups is 1. The number of rotatable bonds is 4. The highest BCUT2D eigenvalue weighted by atomic mass is 35.5. The molecule has 0 atom stereocenters. The van der Waals surface area contributed by atoms with E-state index in [0.717, 1.165) is 38.5 Å². The second-order valence-corrected chi connectivity index (χ2v) is 7.40. The van der Waals surface area contributed by atoms with E-state index in [9.17, 15) is 14.7 Å². The number of halogens is 1. The average molecular weight is 362 g/mol. The Morgan fingerprint density at radius 2 is 1.88 bits per heavy atom. The standard InChI is InChI=1S/C19H20ClNO4/c20-15-8-13-16(9-17(15)25-12-4-2-1-3-5-12)21(11-6-7-11)10-14(18(13)22)19(23)24/h8-12H,1-7H2,(H,23,24). The van der Waals surface area contributed by atoms with Gasteiger partial charge in [0.05, 0.1) is 16.6 Å². The van der Waals surface area contributed by atoms with Gasteiger partial charge < -0.3 is 14.4 Å². The van der Waals surface area contributed by atoms with Crippen LogP contribution in [0.1, 0.15) is 61.3 Å². The second-order valence-electron chi connectivity index (χ2n) is 6.99. The van der Waals surface area contributed by atoms with Crippen molar-refractivity contribution in [2.75, 3.05) is 0 Å². The number of benzene rings is 1. The zero-order valence-electron chi connectivity index (χ0n) is 13.8. The summed E-state index contributed by atoms with van der Waals surface area (Å²) in [5, 5.41) is 10.0. The normalized spacial score (nSPS) is 18.4. The van der Waals surface area contributed by atoms with E-state index in [1.807, 2.05) is 4.57 Å². The first-order valence-corrected chi connectivity index (χ1v) is 9.21. The van der Waals surface area contributed by atoms with Crippen molar-refractivity contribution in [2.45, 2.75) is 57.1 Å². The molecule has 2 aromatic rings. The molecule has 0 spiro atoms. The molecule has 0 unspecified atom stereocenters. The van der Waals surface area contributed by atoms with Crippen molar-refractivity contribution < 1.29 is 14.6 Å². The van der Waals surface area contributed by atoms with Crippen molar-refractivity contribution in [3.8, 4) is 5.75 Å². The van der Waals surface area contributed by atoms with E-state index in [2.05, 4.69) is 0 Å². The Bertz CT molecular complexity index is 894. The number of hydrogen-bond donors (Lipinski definition) is 1. The molecule has 6 heteroatoms. The third-order valence-corrected chi connectivity index (χ3v) is 5.40. The molecule has 0 saturated heterocycles. The third kappa shape index (κ3) is 3.13. The number of aromatic nitrogens is 1. The lowest BCUT2D eigenvalue weighted by Gasteiger charge is -2.24. The summed E-state index contributed by atoms with van der Waals surface area (Å²) in [5.41, 5.74) is -0.00496. The Kier molecular flexibility index (Phi) is 4.20. The van der Waals surface area contributed by atoms with E-state index in [1.54, 1.807) is 12.1 Å². The number of nitrogens with zero attached hydrogens (tertiary/aromatic N) is 1. The average Bonchev–Trinajstić information content (AvgIpc) is 3.42. The molecule has 132 valence electrons. The fourth-order valence-electron chi connectivity index (χ4n) is 3.61. The Morgan fingerprint density at radius 3 is 2.52 bits per heavy atom. The Labute approximate surface area is 150 Å².